The van der Waals surface area contributed by atoms with Crippen molar-refractivity contribution >= 4 is 11.8 Å². The largest absolute Gasteiger partial charge is 0.304 e. The normalized spacial score (nSPS) is 17.8. The van der Waals surface area contributed by atoms with Gasteiger partial charge in [-0.2, -0.15) is 0 Å². The highest BCUT2D eigenvalue weighted by Crippen LogP contribution is 2.16. The number of nitrogens with zero attached hydrogens (tertiary/aromatic N) is 3. The van der Waals surface area contributed by atoms with E-state index in [9.17, 15) is 0 Å². The van der Waals surface area contributed by atoms with Crippen LogP contribution in [-0.2, 0) is 6.54 Å². The maximum Gasteiger partial charge on any atom is 0.0231 e. The zero-order valence-electron chi connectivity index (χ0n) is 13.0. The van der Waals surface area contributed by atoms with E-state index in [4.69, 9.17) is 0 Å². The molecule has 2 rings (SSSR count). The average molecular weight is 293 g/mol. The molecule has 4 heteroatoms. The molecule has 0 bridgehead atoms. The lowest BCUT2D eigenvalue weighted by Gasteiger charge is -2.33. The monoisotopic (exact) mass is 293 g/mol. The summed E-state index contributed by atoms with van der Waals surface area (Å²) in [5.41, 5.74) is 1.41. The second kappa shape index (κ2) is 8.03. The average Bonchev–Trinajstić information content (AvgIpc) is 2.47. The summed E-state index contributed by atoms with van der Waals surface area (Å²) in [7, 11) is 4.43. The summed E-state index contributed by atoms with van der Waals surface area (Å²) in [5.74, 6) is 0. The lowest BCUT2D eigenvalue weighted by Crippen LogP contribution is -2.46. The molecular weight excluding hydrogens is 266 g/mol. The van der Waals surface area contributed by atoms with Gasteiger partial charge in [0.15, 0.2) is 0 Å². The van der Waals surface area contributed by atoms with Crippen LogP contribution in [0, 0.1) is 0 Å². The third-order valence-electron chi connectivity index (χ3n) is 3.98. The van der Waals surface area contributed by atoms with Crippen molar-refractivity contribution in [2.45, 2.75) is 11.4 Å². The Morgan fingerprint density at radius 3 is 2.65 bits per heavy atom. The van der Waals surface area contributed by atoms with Gasteiger partial charge in [0.2, 0.25) is 0 Å². The first-order chi connectivity index (χ1) is 9.67. The van der Waals surface area contributed by atoms with Crippen LogP contribution in [0.1, 0.15) is 5.56 Å². The van der Waals surface area contributed by atoms with Crippen LogP contribution in [0.25, 0.3) is 0 Å². The van der Waals surface area contributed by atoms with Crippen molar-refractivity contribution in [1.82, 2.24) is 14.7 Å². The maximum atomic E-state index is 2.58. The van der Waals surface area contributed by atoms with Gasteiger partial charge in [-0.25, -0.2) is 0 Å². The molecule has 112 valence electrons. The van der Waals surface area contributed by atoms with Gasteiger partial charge in [-0.3, -0.25) is 4.90 Å². The number of benzene rings is 1. The van der Waals surface area contributed by atoms with Crippen LogP contribution in [-0.4, -0.2) is 74.3 Å². The minimum Gasteiger partial charge on any atom is -0.304 e. The van der Waals surface area contributed by atoms with Crippen LogP contribution in [0.3, 0.4) is 0 Å². The summed E-state index contributed by atoms with van der Waals surface area (Å²) in [6, 6.07) is 8.87. The first kappa shape index (κ1) is 15.8. The van der Waals surface area contributed by atoms with Gasteiger partial charge < -0.3 is 9.80 Å². The van der Waals surface area contributed by atoms with Crippen LogP contribution in [0.2, 0.25) is 0 Å². The molecule has 0 spiro atoms. The molecule has 1 aromatic carbocycles. The third-order valence-corrected chi connectivity index (χ3v) is 4.71. The molecule has 1 saturated heterocycles. The molecule has 0 aliphatic carbocycles. The van der Waals surface area contributed by atoms with Gasteiger partial charge in [0.1, 0.15) is 0 Å². The predicted octanol–water partition coefficient (Wildman–Crippen LogP) is 2.09. The Hall–Kier alpha value is -0.550. The first-order valence-corrected chi connectivity index (χ1v) is 8.62. The van der Waals surface area contributed by atoms with Crippen molar-refractivity contribution in [3.63, 3.8) is 0 Å². The molecule has 0 radical (unpaired) electrons. The quantitative estimate of drug-likeness (QED) is 0.743. The van der Waals surface area contributed by atoms with Crippen LogP contribution >= 0.6 is 11.8 Å². The molecule has 1 aromatic rings. The van der Waals surface area contributed by atoms with Gasteiger partial charge in [0.05, 0.1) is 0 Å². The van der Waals surface area contributed by atoms with E-state index in [-0.39, 0.29) is 0 Å². The lowest BCUT2D eigenvalue weighted by atomic mass is 10.2. The second-order valence-corrected chi connectivity index (χ2v) is 6.61. The third kappa shape index (κ3) is 5.09. The number of likely N-dealkylation sites (N-methyl/N-ethyl adjacent to an activating group) is 2. The Bertz CT molecular complexity index is 402. The summed E-state index contributed by atoms with van der Waals surface area (Å²) >= 11 is 1.81. The van der Waals surface area contributed by atoms with Gasteiger partial charge in [0, 0.05) is 50.7 Å². The molecule has 0 amide bonds. The number of piperazine rings is 1. The maximum absolute atomic E-state index is 2.58. The Balaban J connectivity index is 1.73. The van der Waals surface area contributed by atoms with E-state index >= 15 is 0 Å². The molecule has 0 atom stereocenters. The smallest absolute Gasteiger partial charge is 0.0231 e. The van der Waals surface area contributed by atoms with E-state index in [1.54, 1.807) is 0 Å². The molecule has 0 N–H and O–H groups in total. The summed E-state index contributed by atoms with van der Waals surface area (Å²) in [6.45, 7) is 8.22. The van der Waals surface area contributed by atoms with Crippen LogP contribution < -0.4 is 0 Å². The summed E-state index contributed by atoms with van der Waals surface area (Å²) in [5, 5.41) is 0. The van der Waals surface area contributed by atoms with Gasteiger partial charge in [-0.15, -0.1) is 11.8 Å². The molecule has 0 saturated carbocycles. The zero-order chi connectivity index (χ0) is 14.4. The van der Waals surface area contributed by atoms with Gasteiger partial charge >= 0.3 is 0 Å². The number of thioether (sulfide) groups is 1. The lowest BCUT2D eigenvalue weighted by molar-refractivity contribution is 0.139. The van der Waals surface area contributed by atoms with Crippen LogP contribution in [0.4, 0.5) is 0 Å². The van der Waals surface area contributed by atoms with E-state index < -0.39 is 0 Å². The van der Waals surface area contributed by atoms with Crippen molar-refractivity contribution in [3.8, 4) is 0 Å². The van der Waals surface area contributed by atoms with Crippen molar-refractivity contribution in [2.75, 3.05) is 59.6 Å². The van der Waals surface area contributed by atoms with Crippen molar-refractivity contribution in [2.24, 2.45) is 0 Å². The number of rotatable bonds is 6. The molecule has 0 unspecified atom stereocenters. The van der Waals surface area contributed by atoms with E-state index in [0.29, 0.717) is 0 Å². The van der Waals surface area contributed by atoms with Crippen LogP contribution in [0.15, 0.2) is 29.2 Å². The fourth-order valence-electron chi connectivity index (χ4n) is 2.55. The zero-order valence-corrected chi connectivity index (χ0v) is 13.8. The van der Waals surface area contributed by atoms with Gasteiger partial charge in [-0.05, 0) is 38.0 Å². The topological polar surface area (TPSA) is 9.72 Å². The Morgan fingerprint density at radius 2 is 1.95 bits per heavy atom. The highest BCUT2D eigenvalue weighted by atomic mass is 32.2. The first-order valence-electron chi connectivity index (χ1n) is 7.40. The summed E-state index contributed by atoms with van der Waals surface area (Å²) < 4.78 is 0. The van der Waals surface area contributed by atoms with E-state index in [1.807, 2.05) is 11.8 Å². The standard InChI is InChI=1S/C16H27N3S/c1-17-7-10-19(11-8-17)12-9-18(2)14-15-5-4-6-16(13-15)20-3/h4-6,13H,7-12,14H2,1-3H3. The molecule has 20 heavy (non-hydrogen) atoms. The van der Waals surface area contributed by atoms with E-state index in [0.717, 1.165) is 13.1 Å². The molecule has 1 aliphatic rings. The van der Waals surface area contributed by atoms with Crippen molar-refractivity contribution in [3.05, 3.63) is 29.8 Å². The Labute approximate surface area is 127 Å². The predicted molar refractivity (Wildman–Crippen MR) is 88.5 cm³/mol. The molecule has 0 aromatic heterocycles. The SMILES string of the molecule is CSc1cccc(CN(C)CCN2CCN(C)CC2)c1. The molecular formula is C16H27N3S. The minimum absolute atomic E-state index is 1.04. The summed E-state index contributed by atoms with van der Waals surface area (Å²) in [4.78, 5) is 8.77. The van der Waals surface area contributed by atoms with Crippen molar-refractivity contribution < 1.29 is 0 Å². The highest BCUT2D eigenvalue weighted by molar-refractivity contribution is 7.98. The molecule has 1 heterocycles. The number of hydrogen-bond acceptors (Lipinski definition) is 4. The van der Waals surface area contributed by atoms with Crippen LogP contribution in [0.5, 0.6) is 0 Å². The number of hydrogen-bond donors (Lipinski definition) is 0. The Kier molecular flexibility index (Phi) is 6.36. The Morgan fingerprint density at radius 1 is 1.20 bits per heavy atom. The molecule has 3 nitrogen and oxygen atoms in total. The van der Waals surface area contributed by atoms with Gasteiger partial charge in [0.25, 0.3) is 0 Å². The minimum atomic E-state index is 1.04. The van der Waals surface area contributed by atoms with E-state index in [2.05, 4.69) is 59.3 Å². The summed E-state index contributed by atoms with van der Waals surface area (Å²) in [6.07, 6.45) is 2.14. The van der Waals surface area contributed by atoms with E-state index in [1.165, 1.54) is 43.2 Å². The highest BCUT2D eigenvalue weighted by Gasteiger charge is 2.13. The fraction of sp³-hybridized carbons (Fsp3) is 0.625. The van der Waals surface area contributed by atoms with Crippen molar-refractivity contribution in [1.29, 1.82) is 0 Å². The fourth-order valence-corrected chi connectivity index (χ4v) is 3.03. The van der Waals surface area contributed by atoms with Gasteiger partial charge in [-0.1, -0.05) is 12.1 Å². The molecule has 1 aliphatic heterocycles. The second-order valence-electron chi connectivity index (χ2n) is 5.73. The molecule has 1 fully saturated rings.